The van der Waals surface area contributed by atoms with Crippen LogP contribution in [0.4, 0.5) is 0 Å². The third-order valence-corrected chi connectivity index (χ3v) is 4.66. The van der Waals surface area contributed by atoms with Gasteiger partial charge in [-0.2, -0.15) is 0 Å². The van der Waals surface area contributed by atoms with Crippen LogP contribution in [-0.4, -0.2) is 32.8 Å². The third kappa shape index (κ3) is 2.56. The quantitative estimate of drug-likeness (QED) is 0.784. The van der Waals surface area contributed by atoms with Crippen molar-refractivity contribution in [2.45, 2.75) is 38.3 Å². The van der Waals surface area contributed by atoms with Gasteiger partial charge in [-0.3, -0.25) is 9.30 Å². The number of rotatable bonds is 5. The van der Waals surface area contributed by atoms with Crippen molar-refractivity contribution in [3.05, 3.63) is 23.5 Å². The summed E-state index contributed by atoms with van der Waals surface area (Å²) in [4.78, 5) is 8.25. The Morgan fingerprint density at radius 1 is 1.44 bits per heavy atom. The topological polar surface area (TPSA) is 20.5 Å². The van der Waals surface area contributed by atoms with Crippen LogP contribution in [0, 0.1) is 0 Å². The lowest BCUT2D eigenvalue weighted by Gasteiger charge is -2.27. The Kier molecular flexibility index (Phi) is 3.87. The van der Waals surface area contributed by atoms with Crippen molar-refractivity contribution < 1.29 is 0 Å². The maximum atomic E-state index is 5.93. The van der Waals surface area contributed by atoms with E-state index in [1.165, 1.54) is 31.4 Å². The van der Waals surface area contributed by atoms with Crippen LogP contribution in [0.2, 0.25) is 0 Å². The first kappa shape index (κ1) is 12.5. The van der Waals surface area contributed by atoms with Crippen LogP contribution in [0.1, 0.15) is 31.4 Å². The first-order valence-corrected chi connectivity index (χ1v) is 7.99. The van der Waals surface area contributed by atoms with Gasteiger partial charge in [-0.05, 0) is 12.8 Å². The molecule has 0 unspecified atom stereocenters. The van der Waals surface area contributed by atoms with Crippen LogP contribution in [0.3, 0.4) is 0 Å². The summed E-state index contributed by atoms with van der Waals surface area (Å²) in [6.07, 6.45) is 9.57. The molecule has 0 N–H and O–H groups in total. The standard InChI is InChI=1S/C13H18ClN3S/c14-5-6-16(12-3-1-2-4-12)9-11-10-17-7-8-18-13(17)15-11/h7-8,10,12H,1-6,9H2. The van der Waals surface area contributed by atoms with E-state index in [1.807, 2.05) is 0 Å². The van der Waals surface area contributed by atoms with Gasteiger partial charge in [-0.25, -0.2) is 4.98 Å². The normalized spacial score (nSPS) is 17.2. The molecule has 98 valence electrons. The molecule has 0 bridgehead atoms. The Morgan fingerprint density at radius 3 is 3.00 bits per heavy atom. The smallest absolute Gasteiger partial charge is 0.193 e. The molecule has 1 saturated carbocycles. The van der Waals surface area contributed by atoms with Gasteiger partial charge in [0.1, 0.15) is 0 Å². The van der Waals surface area contributed by atoms with E-state index in [0.29, 0.717) is 11.9 Å². The second kappa shape index (κ2) is 5.59. The summed E-state index contributed by atoms with van der Waals surface area (Å²) in [7, 11) is 0. The fraction of sp³-hybridized carbons (Fsp3) is 0.615. The molecular formula is C13H18ClN3S. The van der Waals surface area contributed by atoms with Crippen LogP contribution in [0.5, 0.6) is 0 Å². The molecule has 1 fully saturated rings. The molecule has 1 aliphatic rings. The molecule has 5 heteroatoms. The highest BCUT2D eigenvalue weighted by molar-refractivity contribution is 7.15. The molecule has 2 aromatic rings. The molecule has 0 amide bonds. The van der Waals surface area contributed by atoms with E-state index in [9.17, 15) is 0 Å². The molecule has 0 aliphatic heterocycles. The summed E-state index contributed by atoms with van der Waals surface area (Å²) >= 11 is 7.62. The van der Waals surface area contributed by atoms with Crippen molar-refractivity contribution in [3.8, 4) is 0 Å². The van der Waals surface area contributed by atoms with Crippen molar-refractivity contribution >= 4 is 27.9 Å². The maximum Gasteiger partial charge on any atom is 0.193 e. The van der Waals surface area contributed by atoms with Gasteiger partial charge in [0.05, 0.1) is 5.69 Å². The Bertz CT molecular complexity index is 473. The van der Waals surface area contributed by atoms with E-state index >= 15 is 0 Å². The minimum Gasteiger partial charge on any atom is -0.297 e. The molecule has 0 radical (unpaired) electrons. The zero-order valence-corrected chi connectivity index (χ0v) is 12.0. The number of alkyl halides is 1. The number of imidazole rings is 1. The lowest BCUT2D eigenvalue weighted by Crippen LogP contribution is -2.34. The molecule has 3 nitrogen and oxygen atoms in total. The predicted molar refractivity (Wildman–Crippen MR) is 76.5 cm³/mol. The second-order valence-electron chi connectivity index (χ2n) is 4.92. The van der Waals surface area contributed by atoms with E-state index in [-0.39, 0.29) is 0 Å². The van der Waals surface area contributed by atoms with E-state index in [1.54, 1.807) is 11.3 Å². The minimum atomic E-state index is 0.707. The summed E-state index contributed by atoms with van der Waals surface area (Å²) in [6.45, 7) is 1.91. The van der Waals surface area contributed by atoms with Crippen LogP contribution >= 0.6 is 22.9 Å². The SMILES string of the molecule is ClCCN(Cc1cn2ccsc2n1)C1CCCC1. The number of hydrogen-bond donors (Lipinski definition) is 0. The summed E-state index contributed by atoms with van der Waals surface area (Å²) in [5.41, 5.74) is 1.17. The van der Waals surface area contributed by atoms with Crippen molar-refractivity contribution in [3.63, 3.8) is 0 Å². The zero-order valence-electron chi connectivity index (χ0n) is 10.4. The fourth-order valence-electron chi connectivity index (χ4n) is 2.83. The average Bonchev–Trinajstić information content (AvgIpc) is 3.04. The van der Waals surface area contributed by atoms with Gasteiger partial charge in [0.15, 0.2) is 4.96 Å². The Balaban J connectivity index is 1.72. The molecule has 0 aromatic carbocycles. The van der Waals surface area contributed by atoms with Gasteiger partial charge >= 0.3 is 0 Å². The second-order valence-corrected chi connectivity index (χ2v) is 6.17. The van der Waals surface area contributed by atoms with E-state index < -0.39 is 0 Å². The van der Waals surface area contributed by atoms with Crippen molar-refractivity contribution in [2.75, 3.05) is 12.4 Å². The van der Waals surface area contributed by atoms with Gasteiger partial charge in [-0.15, -0.1) is 22.9 Å². The fourth-order valence-corrected chi connectivity index (χ4v) is 3.77. The molecular weight excluding hydrogens is 266 g/mol. The maximum absolute atomic E-state index is 5.93. The zero-order chi connectivity index (χ0) is 12.4. The molecule has 2 heterocycles. The Morgan fingerprint density at radius 2 is 2.28 bits per heavy atom. The first-order chi connectivity index (χ1) is 8.86. The van der Waals surface area contributed by atoms with Crippen molar-refractivity contribution in [2.24, 2.45) is 0 Å². The highest BCUT2D eigenvalue weighted by atomic mass is 35.5. The highest BCUT2D eigenvalue weighted by Gasteiger charge is 2.22. The van der Waals surface area contributed by atoms with Crippen LogP contribution in [0.25, 0.3) is 4.96 Å². The van der Waals surface area contributed by atoms with E-state index in [4.69, 9.17) is 11.6 Å². The summed E-state index contributed by atoms with van der Waals surface area (Å²) in [5.74, 6) is 0.707. The van der Waals surface area contributed by atoms with Crippen LogP contribution in [-0.2, 0) is 6.54 Å². The number of aromatic nitrogens is 2. The Labute approximate surface area is 116 Å². The summed E-state index contributed by atoms with van der Waals surface area (Å²) < 4.78 is 2.10. The molecule has 0 saturated heterocycles. The summed E-state index contributed by atoms with van der Waals surface area (Å²) in [6, 6.07) is 0.712. The number of nitrogens with zero attached hydrogens (tertiary/aromatic N) is 3. The van der Waals surface area contributed by atoms with Gasteiger partial charge in [0.25, 0.3) is 0 Å². The van der Waals surface area contributed by atoms with Gasteiger partial charge in [-0.1, -0.05) is 12.8 Å². The van der Waals surface area contributed by atoms with Gasteiger partial charge < -0.3 is 0 Å². The molecule has 3 rings (SSSR count). The highest BCUT2D eigenvalue weighted by Crippen LogP contribution is 2.25. The van der Waals surface area contributed by atoms with Crippen molar-refractivity contribution in [1.29, 1.82) is 0 Å². The lowest BCUT2D eigenvalue weighted by atomic mass is 10.2. The minimum absolute atomic E-state index is 0.707. The molecule has 0 atom stereocenters. The summed E-state index contributed by atoms with van der Waals surface area (Å²) in [5, 5.41) is 2.07. The number of thiazole rings is 1. The largest absolute Gasteiger partial charge is 0.297 e. The average molecular weight is 284 g/mol. The van der Waals surface area contributed by atoms with Crippen LogP contribution < -0.4 is 0 Å². The van der Waals surface area contributed by atoms with Crippen molar-refractivity contribution in [1.82, 2.24) is 14.3 Å². The molecule has 18 heavy (non-hydrogen) atoms. The lowest BCUT2D eigenvalue weighted by molar-refractivity contribution is 0.199. The molecule has 1 aliphatic carbocycles. The number of halogens is 1. The molecule has 0 spiro atoms. The predicted octanol–water partition coefficient (Wildman–Crippen LogP) is 3.38. The van der Waals surface area contributed by atoms with E-state index in [0.717, 1.165) is 18.1 Å². The van der Waals surface area contributed by atoms with Gasteiger partial charge in [0, 0.05) is 42.8 Å². The Hall–Kier alpha value is -0.580. The number of fused-ring (bicyclic) bond motifs is 1. The first-order valence-electron chi connectivity index (χ1n) is 6.58. The van der Waals surface area contributed by atoms with Crippen LogP contribution in [0.15, 0.2) is 17.8 Å². The monoisotopic (exact) mass is 283 g/mol. The third-order valence-electron chi connectivity index (χ3n) is 3.72. The molecule has 2 aromatic heterocycles. The number of hydrogen-bond acceptors (Lipinski definition) is 3. The van der Waals surface area contributed by atoms with E-state index in [2.05, 4.69) is 32.1 Å². The van der Waals surface area contributed by atoms with Gasteiger partial charge in [0.2, 0.25) is 0 Å².